The molecule has 0 spiro atoms. The average Bonchev–Trinajstić information content (AvgIpc) is 3.29. The summed E-state index contributed by atoms with van der Waals surface area (Å²) in [6.07, 6.45) is 9.82. The molecular weight excluding hydrogens is 855 g/mol. The molecule has 60 heavy (non-hydrogen) atoms. The van der Waals surface area contributed by atoms with Crippen LogP contribution in [0.1, 0.15) is 97.3 Å². The van der Waals surface area contributed by atoms with Crippen molar-refractivity contribution in [2.45, 2.75) is 96.4 Å². The number of aliphatic carboxylic acids is 1. The fraction of sp³-hybridized carbons (Fsp3) is 0.463. The number of carbonyl (C=O) groups is 1. The molecule has 5 rings (SSSR count). The molecule has 0 aliphatic carbocycles. The first-order chi connectivity index (χ1) is 26.6. The Hall–Kier alpha value is -2.13. The summed E-state index contributed by atoms with van der Waals surface area (Å²) in [6, 6.07) is 7.87. The van der Waals surface area contributed by atoms with E-state index in [9.17, 15) is 48.8 Å². The summed E-state index contributed by atoms with van der Waals surface area (Å²) in [4.78, 5) is 13.2. The van der Waals surface area contributed by atoms with Gasteiger partial charge in [-0.1, -0.05) is 39.0 Å². The number of benzene rings is 2. The van der Waals surface area contributed by atoms with E-state index >= 15 is 0 Å². The van der Waals surface area contributed by atoms with Gasteiger partial charge < -0.3 is 28.4 Å². The SMILES string of the molecule is CC1=CC(C)(C)N(CCCS(=O)(=O)[O-])c2cc3c(cc21)C(=CC=CC1=[N+](CCCS(=O)(=O)[O-])c2ccc(S(=O)(=O)[O-])cc2C1(C)CCCC(=O)O)C=C(C(C)(C)C)O3.[Na+].[Na+]. The molecule has 19 heteroatoms. The van der Waals surface area contributed by atoms with Crippen LogP contribution in [0.5, 0.6) is 5.75 Å². The van der Waals surface area contributed by atoms with E-state index in [1.165, 1.54) is 18.2 Å². The normalized spacial score (nSPS) is 19.4. The number of fused-ring (bicyclic) bond motifs is 3. The first-order valence-corrected chi connectivity index (χ1v) is 23.5. The Labute approximate surface area is 398 Å². The quantitative estimate of drug-likeness (QED) is 0.142. The molecule has 2 aromatic carbocycles. The minimum absolute atomic E-state index is 0. The largest absolute Gasteiger partial charge is 1.00 e. The van der Waals surface area contributed by atoms with E-state index in [4.69, 9.17) is 4.74 Å². The van der Waals surface area contributed by atoms with Crippen LogP contribution in [0.25, 0.3) is 11.1 Å². The summed E-state index contributed by atoms with van der Waals surface area (Å²) in [7, 11) is -13.8. The molecular formula is C41H50N2Na2O12S3. The molecule has 3 heterocycles. The summed E-state index contributed by atoms with van der Waals surface area (Å²) in [5.74, 6) is -0.941. The van der Waals surface area contributed by atoms with E-state index in [2.05, 4.69) is 11.0 Å². The van der Waals surface area contributed by atoms with Crippen molar-refractivity contribution in [1.82, 2.24) is 0 Å². The third-order valence-corrected chi connectivity index (χ3v) is 13.2. The smallest absolute Gasteiger partial charge is 0.748 e. The van der Waals surface area contributed by atoms with E-state index in [0.29, 0.717) is 35.0 Å². The van der Waals surface area contributed by atoms with Crippen molar-refractivity contribution in [3.05, 3.63) is 83.2 Å². The van der Waals surface area contributed by atoms with Gasteiger partial charge in [0.2, 0.25) is 5.69 Å². The molecule has 0 radical (unpaired) electrons. The Morgan fingerprint density at radius 1 is 0.917 bits per heavy atom. The standard InChI is InChI=1S/C41H52N2O12S3.2Na/c1-27-26-40(5,6)43(19-11-21-57(49,50)51)34-25-35-31(24-30(27)34)28(22-37(55-35)39(2,3)4)12-8-13-36-41(7,17-9-14-38(44)45)32-23-29(58(52,53)54)15-16-33(32)42(36)18-10-20-56(46,47)48;;/h8,12-13,15-16,22-26H,9-11,14,17-21H2,1-7H3,(H3-,44,45,46,47,48,49,50,51,52,53,54);;/q;2*+1/p-2. The van der Waals surface area contributed by atoms with Crippen LogP contribution in [0, 0.1) is 5.41 Å². The zero-order valence-electron chi connectivity index (χ0n) is 35.7. The molecule has 316 valence electrons. The van der Waals surface area contributed by atoms with Crippen molar-refractivity contribution in [3.63, 3.8) is 0 Å². The predicted molar refractivity (Wildman–Crippen MR) is 218 cm³/mol. The Morgan fingerprint density at radius 2 is 1.55 bits per heavy atom. The molecule has 0 bridgehead atoms. The molecule has 0 amide bonds. The zero-order valence-corrected chi connectivity index (χ0v) is 42.1. The van der Waals surface area contributed by atoms with Gasteiger partial charge in [-0.25, -0.2) is 25.3 Å². The maximum absolute atomic E-state index is 12.1. The maximum Gasteiger partial charge on any atom is 1.00 e. The van der Waals surface area contributed by atoms with E-state index in [0.717, 1.165) is 28.0 Å². The molecule has 3 aliphatic rings. The number of carboxylic acid groups (broad SMARTS) is 1. The summed E-state index contributed by atoms with van der Waals surface area (Å²) < 4.78 is 114. The van der Waals surface area contributed by atoms with E-state index in [1.807, 2.05) is 72.8 Å². The molecule has 3 aliphatic heterocycles. The number of ether oxygens (including phenoxy) is 1. The Bertz CT molecular complexity index is 2520. The van der Waals surface area contributed by atoms with Crippen LogP contribution in [0.2, 0.25) is 0 Å². The van der Waals surface area contributed by atoms with Crippen LogP contribution < -0.4 is 68.8 Å². The fourth-order valence-electron chi connectivity index (χ4n) is 8.02. The van der Waals surface area contributed by atoms with Gasteiger partial charge in [-0.2, -0.15) is 4.58 Å². The van der Waals surface area contributed by atoms with Gasteiger partial charge in [0.05, 0.1) is 36.1 Å². The van der Waals surface area contributed by atoms with Crippen LogP contribution in [0.3, 0.4) is 0 Å². The number of rotatable bonds is 15. The Morgan fingerprint density at radius 3 is 2.13 bits per heavy atom. The van der Waals surface area contributed by atoms with Crippen LogP contribution in [-0.2, 0) is 40.6 Å². The minimum Gasteiger partial charge on any atom is -0.748 e. The molecule has 0 aromatic heterocycles. The fourth-order valence-corrected chi connectivity index (χ4v) is 9.49. The summed E-state index contributed by atoms with van der Waals surface area (Å²) in [5, 5.41) is 9.47. The predicted octanol–water partition coefficient (Wildman–Crippen LogP) is 0.0446. The maximum atomic E-state index is 12.1. The summed E-state index contributed by atoms with van der Waals surface area (Å²) >= 11 is 0. The van der Waals surface area contributed by atoms with Crippen molar-refractivity contribution in [3.8, 4) is 5.75 Å². The van der Waals surface area contributed by atoms with Crippen molar-refractivity contribution in [2.75, 3.05) is 29.5 Å². The van der Waals surface area contributed by atoms with Gasteiger partial charge in [0.25, 0.3) is 0 Å². The van der Waals surface area contributed by atoms with E-state index in [1.54, 1.807) is 16.7 Å². The van der Waals surface area contributed by atoms with Gasteiger partial charge in [0, 0.05) is 76.9 Å². The van der Waals surface area contributed by atoms with Gasteiger partial charge >= 0.3 is 65.1 Å². The van der Waals surface area contributed by atoms with Crippen molar-refractivity contribution in [1.29, 1.82) is 0 Å². The van der Waals surface area contributed by atoms with Gasteiger partial charge in [-0.15, -0.1) is 0 Å². The molecule has 1 unspecified atom stereocenters. The van der Waals surface area contributed by atoms with Crippen LogP contribution in [0.4, 0.5) is 11.4 Å². The van der Waals surface area contributed by atoms with Crippen LogP contribution >= 0.6 is 0 Å². The van der Waals surface area contributed by atoms with Crippen molar-refractivity contribution in [2.24, 2.45) is 5.41 Å². The zero-order chi connectivity index (χ0) is 43.2. The number of hydrogen-bond donors (Lipinski definition) is 1. The second-order valence-electron chi connectivity index (χ2n) is 16.8. The number of anilines is 1. The number of hydrogen-bond acceptors (Lipinski definition) is 12. The Balaban J connectivity index is 0.00000480. The monoisotopic (exact) mass is 904 g/mol. The number of allylic oxidation sites excluding steroid dienone is 7. The third kappa shape index (κ3) is 12.3. The third-order valence-electron chi connectivity index (χ3n) is 10.8. The second kappa shape index (κ2) is 19.3. The molecule has 2 aromatic rings. The van der Waals surface area contributed by atoms with E-state index < -0.39 is 69.1 Å². The van der Waals surface area contributed by atoms with Crippen LogP contribution in [0.15, 0.2) is 71.4 Å². The minimum atomic E-state index is -4.87. The second-order valence-corrected chi connectivity index (χ2v) is 21.2. The average molecular weight is 905 g/mol. The first-order valence-electron chi connectivity index (χ1n) is 18.9. The number of carboxylic acids is 1. The van der Waals surface area contributed by atoms with Crippen molar-refractivity contribution >= 4 is 64.6 Å². The molecule has 0 saturated carbocycles. The summed E-state index contributed by atoms with van der Waals surface area (Å²) in [5.41, 5.74) is 3.81. The van der Waals surface area contributed by atoms with Gasteiger partial charge in [-0.3, -0.25) is 4.79 Å². The van der Waals surface area contributed by atoms with Crippen molar-refractivity contribution < 1.29 is 117 Å². The molecule has 1 atom stereocenters. The van der Waals surface area contributed by atoms with Gasteiger partial charge in [0.1, 0.15) is 28.2 Å². The molecule has 0 fully saturated rings. The molecule has 1 N–H and O–H groups in total. The van der Waals surface area contributed by atoms with Gasteiger partial charge in [0.15, 0.2) is 5.71 Å². The van der Waals surface area contributed by atoms with Crippen LogP contribution in [-0.4, -0.2) is 90.4 Å². The Kier molecular flexibility index (Phi) is 16.8. The van der Waals surface area contributed by atoms with E-state index in [-0.39, 0.29) is 97.8 Å². The number of nitrogens with zero attached hydrogens (tertiary/aromatic N) is 2. The molecule has 14 nitrogen and oxygen atoms in total. The topological polar surface area (TPSA) is 224 Å². The molecule has 0 saturated heterocycles. The first kappa shape index (κ1) is 52.2. The van der Waals surface area contributed by atoms with Gasteiger partial charge in [-0.05, 0) is 82.4 Å². The summed E-state index contributed by atoms with van der Waals surface area (Å²) in [6.45, 7) is 14.2.